The number of amides is 1. The maximum absolute atomic E-state index is 13.0. The van der Waals surface area contributed by atoms with Crippen molar-refractivity contribution >= 4 is 34.2 Å². The molecule has 0 aliphatic carbocycles. The number of hydrogen-bond donors (Lipinski definition) is 1. The molecule has 6 nitrogen and oxygen atoms in total. The van der Waals surface area contributed by atoms with Crippen molar-refractivity contribution < 1.29 is 23.9 Å². The highest BCUT2D eigenvalue weighted by molar-refractivity contribution is 7.16. The molecule has 0 aliphatic heterocycles. The van der Waals surface area contributed by atoms with Gasteiger partial charge in [-0.2, -0.15) is 0 Å². The molecule has 1 amide bonds. The van der Waals surface area contributed by atoms with Gasteiger partial charge in [0.1, 0.15) is 10.8 Å². The first-order valence-electron chi connectivity index (χ1n) is 10.7. The van der Waals surface area contributed by atoms with Gasteiger partial charge in [0, 0.05) is 22.9 Å². The number of ether oxygens (including phenoxy) is 2. The number of anilines is 1. The van der Waals surface area contributed by atoms with Gasteiger partial charge in [-0.3, -0.25) is 9.59 Å². The lowest BCUT2D eigenvalue weighted by Crippen LogP contribution is -2.16. The Morgan fingerprint density at radius 2 is 1.88 bits per heavy atom. The molecule has 0 saturated heterocycles. The Kier molecular flexibility index (Phi) is 9.20. The molecular weight excluding hydrogens is 426 g/mol. The molecular formula is C25H31NO5S. The highest BCUT2D eigenvalue weighted by atomic mass is 32.1. The number of hydrogen-bond acceptors (Lipinski definition) is 6. The van der Waals surface area contributed by atoms with Crippen LogP contribution in [0.25, 0.3) is 0 Å². The largest absolute Gasteiger partial charge is 0.462 e. The number of carbonyl (C=O) groups is 3. The third-order valence-corrected chi connectivity index (χ3v) is 6.18. The van der Waals surface area contributed by atoms with Crippen molar-refractivity contribution in [3.63, 3.8) is 0 Å². The Bertz CT molecular complexity index is 1020. The van der Waals surface area contributed by atoms with Crippen molar-refractivity contribution in [2.45, 2.75) is 60.3 Å². The molecule has 32 heavy (non-hydrogen) atoms. The summed E-state index contributed by atoms with van der Waals surface area (Å²) in [7, 11) is 0. The molecule has 0 spiro atoms. The number of benzene rings is 1. The maximum atomic E-state index is 13.0. The number of esters is 2. The summed E-state index contributed by atoms with van der Waals surface area (Å²) in [6, 6.07) is 6.75. The van der Waals surface area contributed by atoms with E-state index in [1.807, 2.05) is 6.07 Å². The fourth-order valence-electron chi connectivity index (χ4n) is 3.17. The zero-order valence-corrected chi connectivity index (χ0v) is 20.4. The number of nitrogens with one attached hydrogen (secondary N) is 1. The lowest BCUT2D eigenvalue weighted by molar-refractivity contribution is -0.131. The molecule has 0 unspecified atom stereocenters. The number of rotatable bonds is 9. The molecule has 172 valence electrons. The quantitative estimate of drug-likeness (QED) is 0.273. The average Bonchev–Trinajstić information content (AvgIpc) is 3.13. The fourth-order valence-corrected chi connectivity index (χ4v) is 4.29. The normalized spacial score (nSPS) is 11.4. The van der Waals surface area contributed by atoms with Gasteiger partial charge in [-0.15, -0.1) is 11.3 Å². The molecule has 0 bridgehead atoms. The Hall–Kier alpha value is -2.93. The second-order valence-electron chi connectivity index (χ2n) is 7.85. The van der Waals surface area contributed by atoms with E-state index < -0.39 is 11.9 Å². The minimum Gasteiger partial charge on any atom is -0.462 e. The van der Waals surface area contributed by atoms with Gasteiger partial charge >= 0.3 is 11.9 Å². The van der Waals surface area contributed by atoms with Crippen LogP contribution in [0.1, 0.15) is 84.5 Å². The summed E-state index contributed by atoms with van der Waals surface area (Å²) in [5.74, 6) is -0.751. The topological polar surface area (TPSA) is 81.7 Å². The second kappa shape index (κ2) is 11.6. The van der Waals surface area contributed by atoms with E-state index in [0.29, 0.717) is 27.4 Å². The monoisotopic (exact) mass is 457 g/mol. The van der Waals surface area contributed by atoms with Crippen LogP contribution >= 0.6 is 11.3 Å². The summed E-state index contributed by atoms with van der Waals surface area (Å²) < 4.78 is 10.4. The molecule has 1 heterocycles. The summed E-state index contributed by atoms with van der Waals surface area (Å²) in [5.41, 5.74) is 2.54. The van der Waals surface area contributed by atoms with E-state index in [2.05, 4.69) is 32.2 Å². The van der Waals surface area contributed by atoms with Crippen molar-refractivity contribution in [3.8, 4) is 5.75 Å². The van der Waals surface area contributed by atoms with Crippen LogP contribution in [0, 0.1) is 6.92 Å². The summed E-state index contributed by atoms with van der Waals surface area (Å²) in [4.78, 5) is 37.9. The molecule has 0 fully saturated rings. The Morgan fingerprint density at radius 3 is 2.50 bits per heavy atom. The van der Waals surface area contributed by atoms with Gasteiger partial charge in [-0.1, -0.05) is 24.6 Å². The third kappa shape index (κ3) is 6.79. The van der Waals surface area contributed by atoms with E-state index in [4.69, 9.17) is 9.47 Å². The van der Waals surface area contributed by atoms with Gasteiger partial charge in [-0.05, 0) is 64.7 Å². The van der Waals surface area contributed by atoms with Gasteiger partial charge < -0.3 is 14.8 Å². The third-order valence-electron chi connectivity index (χ3n) is 4.89. The summed E-state index contributed by atoms with van der Waals surface area (Å²) in [6.07, 6.45) is 4.07. The van der Waals surface area contributed by atoms with E-state index >= 15 is 0 Å². The minimum atomic E-state index is -0.466. The molecule has 1 N–H and O–H groups in total. The first-order chi connectivity index (χ1) is 15.1. The van der Waals surface area contributed by atoms with E-state index in [1.54, 1.807) is 32.0 Å². The van der Waals surface area contributed by atoms with Crippen LogP contribution in [0.3, 0.4) is 0 Å². The Morgan fingerprint density at radius 1 is 1.16 bits per heavy atom. The zero-order chi connectivity index (χ0) is 23.8. The van der Waals surface area contributed by atoms with Gasteiger partial charge in [0.2, 0.25) is 0 Å². The molecule has 2 rings (SSSR count). The predicted molar refractivity (Wildman–Crippen MR) is 128 cm³/mol. The number of thiophene rings is 1. The smallest absolute Gasteiger partial charge is 0.341 e. The maximum Gasteiger partial charge on any atom is 0.341 e. The van der Waals surface area contributed by atoms with Crippen molar-refractivity contribution in [2.75, 3.05) is 11.9 Å². The Labute approximate surface area is 193 Å². The average molecular weight is 458 g/mol. The predicted octanol–water partition coefficient (Wildman–Crippen LogP) is 6.26. The summed E-state index contributed by atoms with van der Waals surface area (Å²) in [5, 5.41) is 3.32. The molecule has 0 radical (unpaired) electrons. The van der Waals surface area contributed by atoms with Crippen molar-refractivity contribution in [1.82, 2.24) is 0 Å². The molecule has 1 aromatic heterocycles. The van der Waals surface area contributed by atoms with Crippen LogP contribution in [0.4, 0.5) is 5.00 Å². The van der Waals surface area contributed by atoms with Crippen LogP contribution in [0.2, 0.25) is 0 Å². The van der Waals surface area contributed by atoms with Crippen molar-refractivity contribution in [2.24, 2.45) is 0 Å². The lowest BCUT2D eigenvalue weighted by Gasteiger charge is -2.11. The first-order valence-corrected chi connectivity index (χ1v) is 11.5. The minimum absolute atomic E-state index is 0.225. The van der Waals surface area contributed by atoms with Crippen LogP contribution in [0.15, 0.2) is 35.9 Å². The zero-order valence-electron chi connectivity index (χ0n) is 19.5. The second-order valence-corrected chi connectivity index (χ2v) is 8.93. The van der Waals surface area contributed by atoms with Crippen molar-refractivity contribution in [3.05, 3.63) is 57.5 Å². The van der Waals surface area contributed by atoms with Gasteiger partial charge in [0.05, 0.1) is 12.2 Å². The number of carbonyl (C=O) groups excluding carboxylic acids is 3. The van der Waals surface area contributed by atoms with E-state index in [0.717, 1.165) is 17.7 Å². The summed E-state index contributed by atoms with van der Waals surface area (Å²) in [6.45, 7) is 11.3. The Balaban J connectivity index is 2.32. The van der Waals surface area contributed by atoms with E-state index in [1.165, 1.54) is 23.8 Å². The molecule has 0 aliphatic rings. The van der Waals surface area contributed by atoms with Crippen molar-refractivity contribution in [1.29, 1.82) is 0 Å². The summed E-state index contributed by atoms with van der Waals surface area (Å²) >= 11 is 1.39. The van der Waals surface area contributed by atoms with Crippen LogP contribution in [-0.4, -0.2) is 24.5 Å². The molecule has 0 saturated carbocycles. The SMILES string of the molecule is CCOC(=O)c1cc([C@@H](C)CCC=C(C)C)sc1NC(=O)c1cccc(OC(C)=O)c1C. The van der Waals surface area contributed by atoms with E-state index in [9.17, 15) is 14.4 Å². The van der Waals surface area contributed by atoms with Crippen LogP contribution < -0.4 is 10.1 Å². The molecule has 1 atom stereocenters. The van der Waals surface area contributed by atoms with Gasteiger partial charge in [0.25, 0.3) is 5.91 Å². The molecule has 2 aromatic rings. The first kappa shape index (κ1) is 25.3. The lowest BCUT2D eigenvalue weighted by atomic mass is 10.0. The van der Waals surface area contributed by atoms with E-state index in [-0.39, 0.29) is 18.4 Å². The fraction of sp³-hybridized carbons (Fsp3) is 0.400. The molecule has 7 heteroatoms. The van der Waals surface area contributed by atoms with Crippen LogP contribution in [0.5, 0.6) is 5.75 Å². The standard InChI is InChI=1S/C25H31NO5S/c1-7-30-25(29)20-14-22(16(4)11-8-10-15(2)3)32-24(20)26-23(28)19-12-9-13-21(17(19)5)31-18(6)27/h9-10,12-14,16H,7-8,11H2,1-6H3,(H,26,28)/t16-/m0/s1. The van der Waals surface area contributed by atoms with Gasteiger partial charge in [-0.25, -0.2) is 4.79 Å². The molecule has 1 aromatic carbocycles. The van der Waals surface area contributed by atoms with Crippen LogP contribution in [-0.2, 0) is 9.53 Å². The number of allylic oxidation sites excluding steroid dienone is 2. The van der Waals surface area contributed by atoms with Gasteiger partial charge in [0.15, 0.2) is 0 Å². The highest BCUT2D eigenvalue weighted by Crippen LogP contribution is 2.36. The highest BCUT2D eigenvalue weighted by Gasteiger charge is 2.23.